The molecule has 1 aliphatic rings. The predicted molar refractivity (Wildman–Crippen MR) is 152 cm³/mol. The number of nitrogens with one attached hydrogen (secondary N) is 2. The number of carbonyl (C=O) groups excluding carboxylic acids is 2. The number of carbonyl (C=O) groups is 2. The van der Waals surface area contributed by atoms with Crippen LogP contribution in [-0.4, -0.2) is 56.6 Å². The van der Waals surface area contributed by atoms with Gasteiger partial charge >= 0.3 is 0 Å². The maximum Gasteiger partial charge on any atom is 0.252 e. The predicted octanol–water partition coefficient (Wildman–Crippen LogP) is 5.42. The van der Waals surface area contributed by atoms with Gasteiger partial charge in [-0.15, -0.1) is 0 Å². The van der Waals surface area contributed by atoms with E-state index in [1.165, 1.54) is 31.4 Å². The van der Waals surface area contributed by atoms with E-state index in [1.807, 2.05) is 12.1 Å². The van der Waals surface area contributed by atoms with Crippen LogP contribution in [0.25, 0.3) is 11.0 Å². The first kappa shape index (κ1) is 27.5. The van der Waals surface area contributed by atoms with Crippen LogP contribution in [0.2, 0.25) is 5.02 Å². The molecular weight excluding hydrogens is 506 g/mol. The van der Waals surface area contributed by atoms with Crippen molar-refractivity contribution in [2.45, 2.75) is 69.6 Å². The summed E-state index contributed by atoms with van der Waals surface area (Å²) in [6.45, 7) is 10.9. The van der Waals surface area contributed by atoms with Gasteiger partial charge in [0.25, 0.3) is 5.91 Å². The average molecular weight is 542 g/mol. The van der Waals surface area contributed by atoms with Crippen LogP contribution in [-0.2, 0) is 6.42 Å². The number of amides is 2. The molecular formula is C28H36ClN5O2S. The topological polar surface area (TPSA) is 104 Å². The molecule has 7 nitrogen and oxygen atoms in total. The minimum atomic E-state index is -0.686. The molecule has 3 aromatic rings. The molecule has 0 saturated carbocycles. The number of benzene rings is 2. The van der Waals surface area contributed by atoms with Gasteiger partial charge in [0, 0.05) is 34.9 Å². The third kappa shape index (κ3) is 6.48. The molecule has 0 atom stereocenters. The van der Waals surface area contributed by atoms with Gasteiger partial charge in [0.05, 0.1) is 22.2 Å². The standard InChI is InChI=1S/C28H36ClN5O2S/c1-27(2)11-5-12-28(3,4)34(27)14-15-37-26-32-22-9-6-18(16-23(22)33-26)10-13-31-25(36)20-8-7-19(29)17-21(20)24(30)35/h6-9,16-17H,5,10-15H2,1-4H3,(H2,30,35)(H,31,36)(H,32,33). The number of H-pyrrole nitrogens is 1. The number of hydrogen-bond donors (Lipinski definition) is 3. The Bertz CT molecular complexity index is 1290. The second-order valence-electron chi connectivity index (χ2n) is 10.9. The van der Waals surface area contributed by atoms with E-state index >= 15 is 0 Å². The zero-order valence-electron chi connectivity index (χ0n) is 22.0. The Morgan fingerprint density at radius 3 is 2.54 bits per heavy atom. The summed E-state index contributed by atoms with van der Waals surface area (Å²) in [5.41, 5.74) is 9.15. The minimum absolute atomic E-state index is 0.111. The molecule has 2 aromatic carbocycles. The van der Waals surface area contributed by atoms with Crippen molar-refractivity contribution in [2.75, 3.05) is 18.8 Å². The summed E-state index contributed by atoms with van der Waals surface area (Å²) in [5, 5.41) is 4.14. The highest BCUT2D eigenvalue weighted by molar-refractivity contribution is 7.99. The number of likely N-dealkylation sites (tertiary alicyclic amines) is 1. The Hall–Kier alpha value is -2.55. The van der Waals surface area contributed by atoms with Crippen LogP contribution in [0.3, 0.4) is 0 Å². The number of nitrogens with zero attached hydrogens (tertiary/aromatic N) is 2. The van der Waals surface area contributed by atoms with Gasteiger partial charge in [0.1, 0.15) is 0 Å². The van der Waals surface area contributed by atoms with Gasteiger partial charge in [-0.2, -0.15) is 0 Å². The van der Waals surface area contributed by atoms with Gasteiger partial charge in [0.2, 0.25) is 5.91 Å². The molecule has 1 aliphatic heterocycles. The van der Waals surface area contributed by atoms with E-state index in [-0.39, 0.29) is 28.1 Å². The molecule has 0 radical (unpaired) electrons. The normalized spacial score (nSPS) is 17.1. The van der Waals surface area contributed by atoms with Crippen molar-refractivity contribution in [2.24, 2.45) is 5.73 Å². The van der Waals surface area contributed by atoms with Crippen molar-refractivity contribution in [3.63, 3.8) is 0 Å². The summed E-state index contributed by atoms with van der Waals surface area (Å²) in [4.78, 5) is 35.1. The SMILES string of the molecule is CC1(C)CCCC(C)(C)N1CCSc1nc2cc(CCNC(=O)c3ccc(Cl)cc3C(N)=O)ccc2[nH]1. The van der Waals surface area contributed by atoms with Gasteiger partial charge in [-0.25, -0.2) is 4.98 Å². The zero-order chi connectivity index (χ0) is 26.8. The van der Waals surface area contributed by atoms with Crippen LogP contribution in [0.4, 0.5) is 0 Å². The van der Waals surface area contributed by atoms with Crippen molar-refractivity contribution in [3.05, 3.63) is 58.1 Å². The van der Waals surface area contributed by atoms with Gasteiger partial charge in [0.15, 0.2) is 5.16 Å². The van der Waals surface area contributed by atoms with Crippen molar-refractivity contribution < 1.29 is 9.59 Å². The summed E-state index contributed by atoms with van der Waals surface area (Å²) < 4.78 is 0. The molecule has 0 spiro atoms. The first-order chi connectivity index (χ1) is 17.5. The van der Waals surface area contributed by atoms with Gasteiger partial charge in [-0.1, -0.05) is 29.4 Å². The molecule has 0 bridgehead atoms. The highest BCUT2D eigenvalue weighted by atomic mass is 35.5. The number of fused-ring (bicyclic) bond motifs is 1. The van der Waals surface area contributed by atoms with Crippen molar-refractivity contribution in [1.82, 2.24) is 20.2 Å². The van der Waals surface area contributed by atoms with E-state index in [9.17, 15) is 9.59 Å². The average Bonchev–Trinajstić information content (AvgIpc) is 3.22. The number of imidazole rings is 1. The number of aromatic amines is 1. The molecule has 1 fully saturated rings. The number of hydrogen-bond acceptors (Lipinski definition) is 5. The molecule has 0 aliphatic carbocycles. The smallest absolute Gasteiger partial charge is 0.252 e. The third-order valence-electron chi connectivity index (χ3n) is 7.31. The number of primary amides is 1. The first-order valence-electron chi connectivity index (χ1n) is 12.7. The first-order valence-corrected chi connectivity index (χ1v) is 14.1. The maximum atomic E-state index is 12.6. The zero-order valence-corrected chi connectivity index (χ0v) is 23.6. The fourth-order valence-corrected chi connectivity index (χ4v) is 6.45. The van der Waals surface area contributed by atoms with Gasteiger partial charge in [-0.3, -0.25) is 14.5 Å². The summed E-state index contributed by atoms with van der Waals surface area (Å²) >= 11 is 7.69. The Morgan fingerprint density at radius 2 is 1.84 bits per heavy atom. The minimum Gasteiger partial charge on any atom is -0.366 e. The number of thioether (sulfide) groups is 1. The third-order valence-corrected chi connectivity index (χ3v) is 8.40. The van der Waals surface area contributed by atoms with E-state index in [0.29, 0.717) is 18.0 Å². The quantitative estimate of drug-likeness (QED) is 0.314. The molecule has 198 valence electrons. The van der Waals surface area contributed by atoms with Crippen molar-refractivity contribution in [3.8, 4) is 0 Å². The van der Waals surface area contributed by atoms with Gasteiger partial charge in [-0.05, 0) is 89.3 Å². The Balaban J connectivity index is 1.33. The summed E-state index contributed by atoms with van der Waals surface area (Å²) in [6, 6.07) is 10.6. The van der Waals surface area contributed by atoms with E-state index in [0.717, 1.165) is 34.1 Å². The molecule has 2 amide bonds. The van der Waals surface area contributed by atoms with Crippen LogP contribution >= 0.6 is 23.4 Å². The Kier molecular flexibility index (Phi) is 8.21. The molecule has 0 unspecified atom stereocenters. The maximum absolute atomic E-state index is 12.6. The van der Waals surface area contributed by atoms with E-state index in [1.54, 1.807) is 17.8 Å². The molecule has 37 heavy (non-hydrogen) atoms. The van der Waals surface area contributed by atoms with Crippen molar-refractivity contribution in [1.29, 1.82) is 0 Å². The number of halogens is 1. The van der Waals surface area contributed by atoms with Crippen LogP contribution < -0.4 is 11.1 Å². The Morgan fingerprint density at radius 1 is 1.11 bits per heavy atom. The second kappa shape index (κ2) is 11.1. The van der Waals surface area contributed by atoms with Crippen LogP contribution in [0.5, 0.6) is 0 Å². The summed E-state index contributed by atoms with van der Waals surface area (Å²) in [5.74, 6) is -0.0671. The fourth-order valence-electron chi connectivity index (χ4n) is 5.47. The molecule has 4 N–H and O–H groups in total. The lowest BCUT2D eigenvalue weighted by Crippen LogP contribution is -2.59. The molecule has 2 heterocycles. The van der Waals surface area contributed by atoms with E-state index in [2.05, 4.69) is 49.0 Å². The van der Waals surface area contributed by atoms with Crippen LogP contribution in [0.15, 0.2) is 41.6 Å². The molecule has 1 aromatic heterocycles. The second-order valence-corrected chi connectivity index (χ2v) is 12.5. The number of rotatable bonds is 9. The molecule has 9 heteroatoms. The van der Waals surface area contributed by atoms with E-state index < -0.39 is 5.91 Å². The van der Waals surface area contributed by atoms with Crippen molar-refractivity contribution >= 4 is 46.2 Å². The summed E-state index contributed by atoms with van der Waals surface area (Å²) in [7, 11) is 0. The highest BCUT2D eigenvalue weighted by Crippen LogP contribution is 2.38. The number of piperidine rings is 1. The van der Waals surface area contributed by atoms with E-state index in [4.69, 9.17) is 22.3 Å². The Labute approximate surface area is 227 Å². The lowest BCUT2D eigenvalue weighted by molar-refractivity contribution is -0.0209. The molecule has 4 rings (SSSR count). The highest BCUT2D eigenvalue weighted by Gasteiger charge is 2.40. The fraction of sp³-hybridized carbons (Fsp3) is 0.464. The lowest BCUT2D eigenvalue weighted by Gasteiger charge is -2.53. The monoisotopic (exact) mass is 541 g/mol. The number of nitrogens with two attached hydrogens (primary N) is 1. The largest absolute Gasteiger partial charge is 0.366 e. The summed E-state index contributed by atoms with van der Waals surface area (Å²) in [6.07, 6.45) is 4.40. The molecule has 1 saturated heterocycles. The van der Waals surface area contributed by atoms with Crippen LogP contribution in [0.1, 0.15) is 73.2 Å². The van der Waals surface area contributed by atoms with Crippen LogP contribution in [0, 0.1) is 0 Å². The lowest BCUT2D eigenvalue weighted by atomic mass is 9.80. The number of aromatic nitrogens is 2. The van der Waals surface area contributed by atoms with Gasteiger partial charge < -0.3 is 16.0 Å².